The maximum absolute atomic E-state index is 9.04. The van der Waals surface area contributed by atoms with Crippen LogP contribution in [-0.2, 0) is 0 Å². The minimum absolute atomic E-state index is 0.413. The molecule has 1 aromatic carbocycles. The van der Waals surface area contributed by atoms with Gasteiger partial charge in [0.1, 0.15) is 11.8 Å². The molecule has 2 aromatic rings. The molecule has 2 rings (SSSR count). The molecule has 1 aromatic heterocycles. The van der Waals surface area contributed by atoms with E-state index in [0.717, 1.165) is 17.1 Å². The van der Waals surface area contributed by atoms with Crippen molar-refractivity contribution in [2.24, 2.45) is 0 Å². The summed E-state index contributed by atoms with van der Waals surface area (Å²) >= 11 is 0. The molecule has 0 spiro atoms. The third-order valence-corrected chi connectivity index (χ3v) is 2.71. The quantitative estimate of drug-likeness (QED) is 0.826. The van der Waals surface area contributed by atoms with Gasteiger partial charge in [0.05, 0.1) is 12.8 Å². The lowest BCUT2D eigenvalue weighted by Crippen LogP contribution is -2.11. The van der Waals surface area contributed by atoms with Gasteiger partial charge in [-0.2, -0.15) is 5.26 Å². The Balaban J connectivity index is 2.35. The van der Waals surface area contributed by atoms with Gasteiger partial charge in [0, 0.05) is 18.9 Å². The molecule has 0 saturated heterocycles. The first-order valence-corrected chi connectivity index (χ1v) is 5.49. The molecule has 0 amide bonds. The van der Waals surface area contributed by atoms with Gasteiger partial charge in [0.25, 0.3) is 0 Å². The molecule has 1 heterocycles. The summed E-state index contributed by atoms with van der Waals surface area (Å²) in [7, 11) is 3.54. The van der Waals surface area contributed by atoms with E-state index in [-0.39, 0.29) is 0 Å². The fourth-order valence-corrected chi connectivity index (χ4v) is 1.70. The minimum Gasteiger partial charge on any atom is -0.497 e. The third kappa shape index (κ3) is 2.25. The van der Waals surface area contributed by atoms with Crippen LogP contribution >= 0.6 is 0 Å². The first-order chi connectivity index (χ1) is 8.76. The summed E-state index contributed by atoms with van der Waals surface area (Å²) in [4.78, 5) is 5.97. The summed E-state index contributed by atoms with van der Waals surface area (Å²) in [6, 6.07) is 13.4. The lowest BCUT2D eigenvalue weighted by atomic mass is 10.2. The molecule has 4 nitrogen and oxygen atoms in total. The van der Waals surface area contributed by atoms with Gasteiger partial charge < -0.3 is 9.64 Å². The molecule has 18 heavy (non-hydrogen) atoms. The zero-order valence-electron chi connectivity index (χ0n) is 10.3. The molecule has 0 aliphatic carbocycles. The fraction of sp³-hybridized carbons (Fsp3) is 0.143. The van der Waals surface area contributed by atoms with Crippen molar-refractivity contribution in [3.63, 3.8) is 0 Å². The van der Waals surface area contributed by atoms with Gasteiger partial charge in [-0.15, -0.1) is 0 Å². The van der Waals surface area contributed by atoms with Gasteiger partial charge in [0.2, 0.25) is 0 Å². The van der Waals surface area contributed by atoms with Gasteiger partial charge in [-0.3, -0.25) is 0 Å². The highest BCUT2D eigenvalue weighted by atomic mass is 16.5. The lowest BCUT2D eigenvalue weighted by molar-refractivity contribution is 0.415. The Morgan fingerprint density at radius 1 is 1.22 bits per heavy atom. The van der Waals surface area contributed by atoms with Crippen molar-refractivity contribution in [1.82, 2.24) is 4.98 Å². The van der Waals surface area contributed by atoms with Gasteiger partial charge in [-0.05, 0) is 36.4 Å². The molecular formula is C14H13N3O. The number of hydrogen-bond donors (Lipinski definition) is 0. The van der Waals surface area contributed by atoms with Crippen LogP contribution in [0, 0.1) is 11.3 Å². The summed E-state index contributed by atoms with van der Waals surface area (Å²) in [5.41, 5.74) is 2.17. The number of hydrogen-bond acceptors (Lipinski definition) is 4. The molecule has 0 unspecified atom stereocenters. The van der Waals surface area contributed by atoms with E-state index in [1.807, 2.05) is 48.3 Å². The van der Waals surface area contributed by atoms with E-state index in [2.05, 4.69) is 11.1 Å². The smallest absolute Gasteiger partial charge is 0.164 e. The summed E-state index contributed by atoms with van der Waals surface area (Å²) in [5, 5.41) is 9.04. The predicted molar refractivity (Wildman–Crippen MR) is 70.0 cm³/mol. The van der Waals surface area contributed by atoms with Gasteiger partial charge in [-0.25, -0.2) is 4.98 Å². The second-order valence-corrected chi connectivity index (χ2v) is 3.74. The van der Waals surface area contributed by atoms with E-state index < -0.39 is 0 Å². The Hall–Kier alpha value is -2.54. The Bertz CT molecular complexity index is 572. The van der Waals surface area contributed by atoms with Crippen LogP contribution < -0.4 is 9.64 Å². The number of nitrogens with zero attached hydrogens (tertiary/aromatic N) is 3. The number of pyridine rings is 1. The molecular weight excluding hydrogens is 226 g/mol. The van der Waals surface area contributed by atoms with Crippen molar-refractivity contribution in [3.05, 3.63) is 48.3 Å². The normalized spacial score (nSPS) is 9.61. The minimum atomic E-state index is 0.413. The van der Waals surface area contributed by atoms with E-state index in [1.54, 1.807) is 13.3 Å². The van der Waals surface area contributed by atoms with E-state index >= 15 is 0 Å². The van der Waals surface area contributed by atoms with Crippen LogP contribution in [0.3, 0.4) is 0 Å². The van der Waals surface area contributed by atoms with E-state index in [0.29, 0.717) is 5.69 Å². The van der Waals surface area contributed by atoms with E-state index in [1.165, 1.54) is 0 Å². The molecule has 0 saturated carbocycles. The Morgan fingerprint density at radius 3 is 2.56 bits per heavy atom. The molecule has 0 radical (unpaired) electrons. The van der Waals surface area contributed by atoms with Crippen molar-refractivity contribution >= 4 is 11.4 Å². The summed E-state index contributed by atoms with van der Waals surface area (Å²) < 4.78 is 5.12. The summed E-state index contributed by atoms with van der Waals surface area (Å²) in [6.07, 6.45) is 1.61. The van der Waals surface area contributed by atoms with Gasteiger partial charge in [-0.1, -0.05) is 0 Å². The maximum Gasteiger partial charge on any atom is 0.164 e. The topological polar surface area (TPSA) is 49.1 Å². The molecule has 0 fully saturated rings. The van der Waals surface area contributed by atoms with Crippen molar-refractivity contribution in [3.8, 4) is 11.8 Å². The molecule has 90 valence electrons. The number of methoxy groups -OCH3 is 1. The maximum atomic E-state index is 9.04. The highest BCUT2D eigenvalue weighted by Crippen LogP contribution is 2.26. The molecule has 0 aliphatic heterocycles. The van der Waals surface area contributed by atoms with Crippen molar-refractivity contribution in [1.29, 1.82) is 5.26 Å². The summed E-state index contributed by atoms with van der Waals surface area (Å²) in [6.45, 7) is 0. The first kappa shape index (κ1) is 11.9. The molecule has 4 heteroatoms. The highest BCUT2D eigenvalue weighted by Gasteiger charge is 2.09. The standard InChI is InChI=1S/C14H13N3O/c1-17(11-5-7-12(18-2)8-6-11)14-4-3-9-16-13(14)10-15/h3-9H,1-2H3. The fourth-order valence-electron chi connectivity index (χ4n) is 1.70. The average Bonchev–Trinajstić information content (AvgIpc) is 2.46. The Kier molecular flexibility index (Phi) is 3.44. The summed E-state index contributed by atoms with van der Waals surface area (Å²) in [5.74, 6) is 0.804. The monoisotopic (exact) mass is 239 g/mol. The number of anilines is 2. The van der Waals surface area contributed by atoms with Crippen LogP contribution in [0.5, 0.6) is 5.75 Å². The Labute approximate surface area is 106 Å². The number of aromatic nitrogens is 1. The van der Waals surface area contributed by atoms with Crippen LogP contribution in [0.25, 0.3) is 0 Å². The van der Waals surface area contributed by atoms with Crippen LogP contribution in [-0.4, -0.2) is 19.1 Å². The van der Waals surface area contributed by atoms with Crippen molar-refractivity contribution < 1.29 is 4.74 Å². The first-order valence-electron chi connectivity index (χ1n) is 5.49. The zero-order valence-corrected chi connectivity index (χ0v) is 10.3. The molecule has 0 bridgehead atoms. The molecule has 0 aliphatic rings. The number of rotatable bonds is 3. The molecule has 0 atom stereocenters. The SMILES string of the molecule is COc1ccc(N(C)c2cccnc2C#N)cc1. The number of nitriles is 1. The van der Waals surface area contributed by atoms with Crippen LogP contribution in [0.1, 0.15) is 5.69 Å². The number of ether oxygens (including phenoxy) is 1. The van der Waals surface area contributed by atoms with Crippen molar-refractivity contribution in [2.75, 3.05) is 19.1 Å². The van der Waals surface area contributed by atoms with E-state index in [4.69, 9.17) is 10.00 Å². The van der Waals surface area contributed by atoms with Crippen molar-refractivity contribution in [2.45, 2.75) is 0 Å². The second-order valence-electron chi connectivity index (χ2n) is 3.74. The van der Waals surface area contributed by atoms with Gasteiger partial charge >= 0.3 is 0 Å². The average molecular weight is 239 g/mol. The molecule has 0 N–H and O–H groups in total. The predicted octanol–water partition coefficient (Wildman–Crippen LogP) is 2.73. The highest BCUT2D eigenvalue weighted by molar-refractivity contribution is 5.67. The van der Waals surface area contributed by atoms with Crippen LogP contribution in [0.2, 0.25) is 0 Å². The zero-order chi connectivity index (χ0) is 13.0. The second kappa shape index (κ2) is 5.19. The third-order valence-electron chi connectivity index (χ3n) is 2.71. The lowest BCUT2D eigenvalue weighted by Gasteiger charge is -2.20. The Morgan fingerprint density at radius 2 is 1.94 bits per heavy atom. The van der Waals surface area contributed by atoms with Crippen LogP contribution in [0.15, 0.2) is 42.6 Å². The van der Waals surface area contributed by atoms with Crippen LogP contribution in [0.4, 0.5) is 11.4 Å². The largest absolute Gasteiger partial charge is 0.497 e. The van der Waals surface area contributed by atoms with Gasteiger partial charge in [0.15, 0.2) is 5.69 Å². The number of benzene rings is 1. The van der Waals surface area contributed by atoms with E-state index in [9.17, 15) is 0 Å².